The van der Waals surface area contributed by atoms with Crippen LogP contribution in [0.25, 0.3) is 11.5 Å². The predicted octanol–water partition coefficient (Wildman–Crippen LogP) is 2.84. The van der Waals surface area contributed by atoms with Crippen LogP contribution >= 0.6 is 0 Å². The Hall–Kier alpha value is -1.76. The van der Waals surface area contributed by atoms with Crippen LogP contribution in [-0.2, 0) is 11.3 Å². The Morgan fingerprint density at radius 2 is 2.00 bits per heavy atom. The van der Waals surface area contributed by atoms with Crippen molar-refractivity contribution in [1.82, 2.24) is 9.88 Å². The molecule has 3 rings (SSSR count). The Morgan fingerprint density at radius 1 is 1.25 bits per heavy atom. The number of nitrogens with zero attached hydrogens (tertiary/aromatic N) is 2. The first-order valence-corrected chi connectivity index (χ1v) is 8.40. The van der Waals surface area contributed by atoms with Crippen LogP contribution in [-0.4, -0.2) is 47.4 Å². The molecule has 1 aliphatic heterocycles. The standard InChI is InChI=1S/C18H23FN2O3/c19-15-4-2-14(3-5-15)18-20-16(13-24-18)12-21-8-6-17(7-9-21)23-11-1-10-22/h2-5,13,17,22H,1,6-12H2. The van der Waals surface area contributed by atoms with E-state index in [1.807, 2.05) is 0 Å². The van der Waals surface area contributed by atoms with E-state index in [1.54, 1.807) is 18.4 Å². The number of oxazole rings is 1. The lowest BCUT2D eigenvalue weighted by Crippen LogP contribution is -2.36. The normalized spacial score (nSPS) is 16.6. The van der Waals surface area contributed by atoms with Gasteiger partial charge in [-0.05, 0) is 43.5 Å². The zero-order valence-corrected chi connectivity index (χ0v) is 13.7. The number of halogens is 1. The van der Waals surface area contributed by atoms with Gasteiger partial charge in [0.1, 0.15) is 12.1 Å². The lowest BCUT2D eigenvalue weighted by atomic mass is 10.1. The summed E-state index contributed by atoms with van der Waals surface area (Å²) < 4.78 is 24.2. The van der Waals surface area contributed by atoms with Crippen LogP contribution < -0.4 is 0 Å². The summed E-state index contributed by atoms with van der Waals surface area (Å²) in [5.74, 6) is 0.252. The van der Waals surface area contributed by atoms with E-state index in [4.69, 9.17) is 14.3 Å². The van der Waals surface area contributed by atoms with Crippen molar-refractivity contribution in [3.63, 3.8) is 0 Å². The lowest BCUT2D eigenvalue weighted by molar-refractivity contribution is 0.000576. The van der Waals surface area contributed by atoms with Gasteiger partial charge in [-0.1, -0.05) is 0 Å². The fourth-order valence-corrected chi connectivity index (χ4v) is 2.88. The Bertz CT molecular complexity index is 621. The quantitative estimate of drug-likeness (QED) is 0.789. The molecule has 0 spiro atoms. The SMILES string of the molecule is OCCCOC1CCN(Cc2coc(-c3ccc(F)cc3)n2)CC1. The molecule has 1 N–H and O–H groups in total. The number of aromatic nitrogens is 1. The van der Waals surface area contributed by atoms with Gasteiger partial charge in [-0.2, -0.15) is 0 Å². The second-order valence-corrected chi connectivity index (χ2v) is 6.07. The molecule has 0 aliphatic carbocycles. The topological polar surface area (TPSA) is 58.7 Å². The second kappa shape index (κ2) is 8.37. The summed E-state index contributed by atoms with van der Waals surface area (Å²) in [4.78, 5) is 6.83. The number of ether oxygens (including phenoxy) is 1. The maximum atomic E-state index is 13.0. The number of aliphatic hydroxyl groups excluding tert-OH is 1. The summed E-state index contributed by atoms with van der Waals surface area (Å²) in [6.45, 7) is 3.48. The van der Waals surface area contributed by atoms with E-state index in [9.17, 15) is 4.39 Å². The number of hydrogen-bond donors (Lipinski definition) is 1. The van der Waals surface area contributed by atoms with E-state index >= 15 is 0 Å². The smallest absolute Gasteiger partial charge is 0.226 e. The van der Waals surface area contributed by atoms with Crippen molar-refractivity contribution in [3.05, 3.63) is 42.0 Å². The van der Waals surface area contributed by atoms with Crippen molar-refractivity contribution in [3.8, 4) is 11.5 Å². The summed E-state index contributed by atoms with van der Waals surface area (Å²) in [6.07, 6.45) is 4.65. The maximum Gasteiger partial charge on any atom is 0.226 e. The van der Waals surface area contributed by atoms with E-state index in [0.29, 0.717) is 25.0 Å². The predicted molar refractivity (Wildman–Crippen MR) is 87.9 cm³/mol. The number of benzene rings is 1. The molecule has 1 aromatic carbocycles. The van der Waals surface area contributed by atoms with Gasteiger partial charge in [-0.15, -0.1) is 0 Å². The number of rotatable bonds is 7. The minimum Gasteiger partial charge on any atom is -0.444 e. The maximum absolute atomic E-state index is 13.0. The molecule has 0 saturated carbocycles. The number of hydrogen-bond acceptors (Lipinski definition) is 5. The van der Waals surface area contributed by atoms with Crippen LogP contribution in [0.1, 0.15) is 25.0 Å². The average Bonchev–Trinajstić information content (AvgIpc) is 3.06. The average molecular weight is 334 g/mol. The van der Waals surface area contributed by atoms with Gasteiger partial charge in [-0.3, -0.25) is 4.90 Å². The molecule has 1 aliphatic rings. The molecular weight excluding hydrogens is 311 g/mol. The van der Waals surface area contributed by atoms with Crippen molar-refractivity contribution < 1.29 is 18.7 Å². The molecule has 0 atom stereocenters. The second-order valence-electron chi connectivity index (χ2n) is 6.07. The first kappa shape index (κ1) is 17.1. The number of piperidine rings is 1. The van der Waals surface area contributed by atoms with E-state index in [0.717, 1.165) is 43.7 Å². The van der Waals surface area contributed by atoms with Crippen LogP contribution in [0.3, 0.4) is 0 Å². The van der Waals surface area contributed by atoms with Crippen LogP contribution in [0.15, 0.2) is 34.9 Å². The molecule has 0 amide bonds. The van der Waals surface area contributed by atoms with Crippen LogP contribution in [0.5, 0.6) is 0 Å². The highest BCUT2D eigenvalue weighted by Gasteiger charge is 2.20. The van der Waals surface area contributed by atoms with Gasteiger partial charge in [-0.25, -0.2) is 9.37 Å². The molecule has 2 aromatic rings. The third-order valence-electron chi connectivity index (χ3n) is 4.22. The summed E-state index contributed by atoms with van der Waals surface area (Å²) in [5.41, 5.74) is 1.66. The van der Waals surface area contributed by atoms with E-state index in [-0.39, 0.29) is 12.4 Å². The molecule has 0 radical (unpaired) electrons. The molecular formula is C18H23FN2O3. The minimum atomic E-state index is -0.269. The van der Waals surface area contributed by atoms with Gasteiger partial charge in [0.15, 0.2) is 0 Å². The van der Waals surface area contributed by atoms with Gasteiger partial charge in [0.05, 0.1) is 11.8 Å². The Kier molecular flexibility index (Phi) is 5.96. The molecule has 0 unspecified atom stereocenters. The molecule has 5 nitrogen and oxygen atoms in total. The summed E-state index contributed by atoms with van der Waals surface area (Å²) >= 11 is 0. The van der Waals surface area contributed by atoms with Crippen LogP contribution in [0.2, 0.25) is 0 Å². The van der Waals surface area contributed by atoms with Gasteiger partial charge in [0.25, 0.3) is 0 Å². The van der Waals surface area contributed by atoms with Gasteiger partial charge < -0.3 is 14.3 Å². The first-order chi connectivity index (χ1) is 11.7. The zero-order valence-electron chi connectivity index (χ0n) is 13.7. The van der Waals surface area contributed by atoms with Crippen molar-refractivity contribution in [1.29, 1.82) is 0 Å². The summed E-state index contributed by atoms with van der Waals surface area (Å²) in [6, 6.07) is 6.14. The fraction of sp³-hybridized carbons (Fsp3) is 0.500. The Balaban J connectivity index is 1.48. The monoisotopic (exact) mass is 334 g/mol. The van der Waals surface area contributed by atoms with Crippen molar-refractivity contribution in [2.75, 3.05) is 26.3 Å². The Morgan fingerprint density at radius 3 is 2.71 bits per heavy atom. The molecule has 1 aromatic heterocycles. The molecule has 24 heavy (non-hydrogen) atoms. The highest BCUT2D eigenvalue weighted by Crippen LogP contribution is 2.21. The molecule has 6 heteroatoms. The van der Waals surface area contributed by atoms with Gasteiger partial charge in [0.2, 0.25) is 5.89 Å². The van der Waals surface area contributed by atoms with E-state index in [1.165, 1.54) is 12.1 Å². The third kappa shape index (κ3) is 4.63. The molecule has 1 saturated heterocycles. The van der Waals surface area contributed by atoms with Crippen molar-refractivity contribution in [2.24, 2.45) is 0 Å². The molecule has 2 heterocycles. The largest absolute Gasteiger partial charge is 0.444 e. The summed E-state index contributed by atoms with van der Waals surface area (Å²) in [7, 11) is 0. The fourth-order valence-electron chi connectivity index (χ4n) is 2.88. The third-order valence-corrected chi connectivity index (χ3v) is 4.22. The minimum absolute atomic E-state index is 0.182. The summed E-state index contributed by atoms with van der Waals surface area (Å²) in [5, 5.41) is 8.78. The highest BCUT2D eigenvalue weighted by molar-refractivity contribution is 5.52. The van der Waals surface area contributed by atoms with Crippen LogP contribution in [0, 0.1) is 5.82 Å². The molecule has 0 bridgehead atoms. The van der Waals surface area contributed by atoms with Crippen LogP contribution in [0.4, 0.5) is 4.39 Å². The zero-order chi connectivity index (χ0) is 16.8. The van der Waals surface area contributed by atoms with E-state index < -0.39 is 0 Å². The number of aliphatic hydroxyl groups is 1. The molecule has 130 valence electrons. The number of likely N-dealkylation sites (tertiary alicyclic amines) is 1. The lowest BCUT2D eigenvalue weighted by Gasteiger charge is -2.31. The Labute approximate surface area is 141 Å². The first-order valence-electron chi connectivity index (χ1n) is 8.40. The van der Waals surface area contributed by atoms with Gasteiger partial charge in [0, 0.05) is 38.4 Å². The van der Waals surface area contributed by atoms with Gasteiger partial charge >= 0.3 is 0 Å². The van der Waals surface area contributed by atoms with Crippen molar-refractivity contribution >= 4 is 0 Å². The van der Waals surface area contributed by atoms with E-state index in [2.05, 4.69) is 9.88 Å². The highest BCUT2D eigenvalue weighted by atomic mass is 19.1. The molecule has 1 fully saturated rings. The van der Waals surface area contributed by atoms with Crippen molar-refractivity contribution in [2.45, 2.75) is 31.9 Å².